The van der Waals surface area contributed by atoms with Gasteiger partial charge >= 0.3 is 6.09 Å². The molecule has 2 atom stereocenters. The van der Waals surface area contributed by atoms with Crippen molar-refractivity contribution in [1.29, 1.82) is 5.41 Å². The summed E-state index contributed by atoms with van der Waals surface area (Å²) in [7, 11) is 0. The molecule has 0 heterocycles. The van der Waals surface area contributed by atoms with Gasteiger partial charge in [0.2, 0.25) is 5.90 Å². The van der Waals surface area contributed by atoms with Gasteiger partial charge in [0.05, 0.1) is 6.04 Å². The van der Waals surface area contributed by atoms with Crippen LogP contribution in [0.5, 0.6) is 0 Å². The quantitative estimate of drug-likeness (QED) is 0.563. The third-order valence-electron chi connectivity index (χ3n) is 2.69. The number of hydrogen-bond donors (Lipinski definition) is 3. The first-order valence-corrected chi connectivity index (χ1v) is 5.40. The molecule has 5 nitrogen and oxygen atoms in total. The Morgan fingerprint density at radius 2 is 2.11 bits per heavy atom. The fraction of sp³-hybridized carbons (Fsp3) is 0.333. The number of amides is 1. The van der Waals surface area contributed by atoms with Crippen molar-refractivity contribution in [2.24, 2.45) is 11.5 Å². The van der Waals surface area contributed by atoms with Crippen molar-refractivity contribution in [2.75, 3.05) is 0 Å². The van der Waals surface area contributed by atoms with E-state index in [9.17, 15) is 9.18 Å². The van der Waals surface area contributed by atoms with Crippen molar-refractivity contribution in [2.45, 2.75) is 25.8 Å². The van der Waals surface area contributed by atoms with Gasteiger partial charge in [0, 0.05) is 5.92 Å². The summed E-state index contributed by atoms with van der Waals surface area (Å²) >= 11 is 0. The van der Waals surface area contributed by atoms with Crippen LogP contribution in [0, 0.1) is 18.2 Å². The van der Waals surface area contributed by atoms with E-state index in [2.05, 4.69) is 4.74 Å². The smallest absolute Gasteiger partial charge is 0.394 e. The summed E-state index contributed by atoms with van der Waals surface area (Å²) < 4.78 is 18.0. The molecule has 0 fully saturated rings. The van der Waals surface area contributed by atoms with E-state index in [0.29, 0.717) is 5.56 Å². The van der Waals surface area contributed by atoms with Crippen molar-refractivity contribution in [1.82, 2.24) is 0 Å². The van der Waals surface area contributed by atoms with Gasteiger partial charge in [-0.3, -0.25) is 5.41 Å². The van der Waals surface area contributed by atoms with Gasteiger partial charge < -0.3 is 16.2 Å². The molecule has 2 unspecified atom stereocenters. The maximum absolute atomic E-state index is 13.6. The van der Waals surface area contributed by atoms with Gasteiger partial charge in [-0.05, 0) is 18.6 Å². The summed E-state index contributed by atoms with van der Waals surface area (Å²) in [6.45, 7) is 3.48. The van der Waals surface area contributed by atoms with Crippen LogP contribution in [0.4, 0.5) is 9.18 Å². The lowest BCUT2D eigenvalue weighted by Crippen LogP contribution is -2.39. The Morgan fingerprint density at radius 1 is 1.50 bits per heavy atom. The van der Waals surface area contributed by atoms with Crippen LogP contribution in [0.3, 0.4) is 0 Å². The van der Waals surface area contributed by atoms with Gasteiger partial charge in [0.1, 0.15) is 5.82 Å². The average molecular weight is 253 g/mol. The number of nitrogens with two attached hydrogens (primary N) is 2. The average Bonchev–Trinajstić information content (AvgIpc) is 2.29. The summed E-state index contributed by atoms with van der Waals surface area (Å²) in [6, 6.07) is 3.69. The largest absolute Gasteiger partial charge is 0.411 e. The number of halogens is 1. The van der Waals surface area contributed by atoms with E-state index in [1.165, 1.54) is 6.07 Å². The second-order valence-electron chi connectivity index (χ2n) is 4.12. The van der Waals surface area contributed by atoms with Crippen LogP contribution >= 0.6 is 0 Å². The zero-order valence-corrected chi connectivity index (χ0v) is 10.2. The molecular weight excluding hydrogens is 237 g/mol. The number of carbonyl (C=O) groups is 1. The number of ether oxygens (including phenoxy) is 1. The Hall–Kier alpha value is -1.95. The summed E-state index contributed by atoms with van der Waals surface area (Å²) in [5, 5.41) is 7.46. The van der Waals surface area contributed by atoms with Crippen LogP contribution in [0.1, 0.15) is 24.0 Å². The second-order valence-corrected chi connectivity index (χ2v) is 4.12. The SMILES string of the molecule is Cc1ccc(F)c(C(C)C(N)C(=N)OC(N)=O)c1. The van der Waals surface area contributed by atoms with Gasteiger partial charge in [-0.25, -0.2) is 9.18 Å². The van der Waals surface area contributed by atoms with E-state index in [1.807, 2.05) is 6.92 Å². The van der Waals surface area contributed by atoms with Crippen molar-refractivity contribution in [3.63, 3.8) is 0 Å². The van der Waals surface area contributed by atoms with E-state index in [1.54, 1.807) is 19.1 Å². The lowest BCUT2D eigenvalue weighted by molar-refractivity contribution is 0.204. The minimum atomic E-state index is -1.10. The molecule has 0 bridgehead atoms. The second kappa shape index (κ2) is 5.59. The summed E-state index contributed by atoms with van der Waals surface area (Å²) in [4.78, 5) is 10.5. The van der Waals surface area contributed by atoms with Crippen molar-refractivity contribution < 1.29 is 13.9 Å². The standard InChI is InChI=1S/C12H16FN3O2/c1-6-3-4-9(13)8(5-6)7(2)10(14)11(15)18-12(16)17/h3-5,7,10,15H,14H2,1-2H3,(H2,16,17). The van der Waals surface area contributed by atoms with Crippen molar-refractivity contribution in [3.05, 3.63) is 35.1 Å². The third-order valence-corrected chi connectivity index (χ3v) is 2.69. The Kier molecular flexibility index (Phi) is 4.38. The van der Waals surface area contributed by atoms with Crippen LogP contribution in [-0.2, 0) is 4.74 Å². The molecule has 0 aliphatic heterocycles. The highest BCUT2D eigenvalue weighted by Gasteiger charge is 2.24. The lowest BCUT2D eigenvalue weighted by Gasteiger charge is -2.20. The van der Waals surface area contributed by atoms with Gasteiger partial charge in [-0.15, -0.1) is 0 Å². The van der Waals surface area contributed by atoms with Crippen LogP contribution in [0.15, 0.2) is 18.2 Å². The minimum absolute atomic E-state index is 0.375. The number of rotatable bonds is 3. The highest BCUT2D eigenvalue weighted by molar-refractivity contribution is 5.89. The molecule has 0 aliphatic rings. The summed E-state index contributed by atoms with van der Waals surface area (Å²) in [6.07, 6.45) is -1.10. The molecule has 0 spiro atoms. The molecule has 1 amide bonds. The van der Waals surface area contributed by atoms with Crippen molar-refractivity contribution >= 4 is 12.0 Å². The first-order chi connectivity index (χ1) is 8.32. The van der Waals surface area contributed by atoms with E-state index in [-0.39, 0.29) is 0 Å². The summed E-state index contributed by atoms with van der Waals surface area (Å²) in [5.74, 6) is -1.39. The van der Waals surface area contributed by atoms with Crippen LogP contribution in [-0.4, -0.2) is 18.0 Å². The highest BCUT2D eigenvalue weighted by Crippen LogP contribution is 2.23. The van der Waals surface area contributed by atoms with Gasteiger partial charge in [-0.1, -0.05) is 24.6 Å². The van der Waals surface area contributed by atoms with E-state index < -0.39 is 29.8 Å². The van der Waals surface area contributed by atoms with Crippen LogP contribution < -0.4 is 11.5 Å². The Balaban J connectivity index is 2.92. The monoisotopic (exact) mass is 253 g/mol. The first-order valence-electron chi connectivity index (χ1n) is 5.40. The number of aryl methyl sites for hydroxylation is 1. The van der Waals surface area contributed by atoms with Gasteiger partial charge in [0.25, 0.3) is 0 Å². The molecule has 1 aromatic rings. The number of benzene rings is 1. The maximum Gasteiger partial charge on any atom is 0.411 e. The van der Waals surface area contributed by atoms with Gasteiger partial charge in [0.15, 0.2) is 0 Å². The topological polar surface area (TPSA) is 102 Å². The predicted octanol–water partition coefficient (Wildman–Crippen LogP) is 1.64. The van der Waals surface area contributed by atoms with Crippen LogP contribution in [0.25, 0.3) is 0 Å². The molecule has 0 aromatic heterocycles. The Bertz CT molecular complexity index is 476. The molecule has 5 N–H and O–H groups in total. The van der Waals surface area contributed by atoms with E-state index >= 15 is 0 Å². The highest BCUT2D eigenvalue weighted by atomic mass is 19.1. The molecule has 0 aliphatic carbocycles. The zero-order valence-electron chi connectivity index (χ0n) is 10.2. The minimum Gasteiger partial charge on any atom is -0.394 e. The fourth-order valence-electron chi connectivity index (χ4n) is 1.61. The number of primary amides is 1. The molecule has 1 aromatic carbocycles. The molecule has 18 heavy (non-hydrogen) atoms. The van der Waals surface area contributed by atoms with Crippen molar-refractivity contribution in [3.8, 4) is 0 Å². The maximum atomic E-state index is 13.6. The Labute approximate surface area is 104 Å². The number of nitrogens with one attached hydrogen (secondary N) is 1. The molecule has 0 saturated heterocycles. The predicted molar refractivity (Wildman–Crippen MR) is 65.9 cm³/mol. The first kappa shape index (κ1) is 14.1. The normalized spacial score (nSPS) is 13.8. The van der Waals surface area contributed by atoms with Crippen LogP contribution in [0.2, 0.25) is 0 Å². The molecule has 0 saturated carbocycles. The molecule has 1 rings (SSSR count). The lowest BCUT2D eigenvalue weighted by atomic mass is 9.92. The molecular formula is C12H16FN3O2. The molecule has 0 radical (unpaired) electrons. The summed E-state index contributed by atoms with van der Waals surface area (Å²) in [5.41, 5.74) is 11.8. The third kappa shape index (κ3) is 3.27. The zero-order chi connectivity index (χ0) is 13.9. The number of hydrogen-bond acceptors (Lipinski definition) is 4. The number of carbonyl (C=O) groups excluding carboxylic acids is 1. The fourth-order valence-corrected chi connectivity index (χ4v) is 1.61. The Morgan fingerprint density at radius 3 is 2.67 bits per heavy atom. The molecule has 6 heteroatoms. The molecule has 98 valence electrons. The van der Waals surface area contributed by atoms with Gasteiger partial charge in [-0.2, -0.15) is 0 Å². The van der Waals surface area contributed by atoms with E-state index in [4.69, 9.17) is 16.9 Å². The van der Waals surface area contributed by atoms with E-state index in [0.717, 1.165) is 5.56 Å².